The van der Waals surface area contributed by atoms with E-state index < -0.39 is 0 Å². The Morgan fingerprint density at radius 3 is 2.50 bits per heavy atom. The van der Waals surface area contributed by atoms with E-state index in [9.17, 15) is 0 Å². The van der Waals surface area contributed by atoms with Crippen molar-refractivity contribution >= 4 is 0 Å². The average Bonchev–Trinajstić information content (AvgIpc) is 2.36. The molecule has 0 saturated heterocycles. The average molecular weight is 277 g/mol. The van der Waals surface area contributed by atoms with Gasteiger partial charge in [-0.1, -0.05) is 19.4 Å². The highest BCUT2D eigenvalue weighted by molar-refractivity contribution is 5.11. The fraction of sp³-hybridized carbons (Fsp3) is 0.706. The van der Waals surface area contributed by atoms with Gasteiger partial charge < -0.3 is 5.32 Å². The fourth-order valence-corrected chi connectivity index (χ4v) is 2.12. The van der Waals surface area contributed by atoms with Gasteiger partial charge in [-0.2, -0.15) is 0 Å². The molecule has 1 unspecified atom stereocenters. The van der Waals surface area contributed by atoms with Crippen molar-refractivity contribution in [3.8, 4) is 0 Å². The van der Waals surface area contributed by atoms with Crippen LogP contribution in [0.25, 0.3) is 0 Å². The zero-order valence-electron chi connectivity index (χ0n) is 14.0. The fourth-order valence-electron chi connectivity index (χ4n) is 2.12. The normalized spacial score (nSPS) is 13.8. The van der Waals surface area contributed by atoms with Crippen LogP contribution in [-0.2, 0) is 13.1 Å². The van der Waals surface area contributed by atoms with Gasteiger partial charge in [0, 0.05) is 24.7 Å². The minimum Gasteiger partial charge on any atom is -0.306 e. The highest BCUT2D eigenvalue weighted by Gasteiger charge is 2.11. The Balaban J connectivity index is 2.59. The van der Waals surface area contributed by atoms with Crippen molar-refractivity contribution in [2.45, 2.75) is 72.1 Å². The summed E-state index contributed by atoms with van der Waals surface area (Å²) in [6.45, 7) is 12.8. The minimum atomic E-state index is 0.129. The van der Waals surface area contributed by atoms with E-state index in [0.29, 0.717) is 6.04 Å². The molecule has 0 aliphatic heterocycles. The van der Waals surface area contributed by atoms with E-state index >= 15 is 0 Å². The van der Waals surface area contributed by atoms with Crippen LogP contribution in [0.5, 0.6) is 0 Å². The van der Waals surface area contributed by atoms with E-state index in [0.717, 1.165) is 24.5 Å². The van der Waals surface area contributed by atoms with Crippen LogP contribution < -0.4 is 5.32 Å². The minimum absolute atomic E-state index is 0.129. The van der Waals surface area contributed by atoms with Gasteiger partial charge in [0.1, 0.15) is 0 Å². The monoisotopic (exact) mass is 277 g/mol. The molecule has 1 N–H and O–H groups in total. The summed E-state index contributed by atoms with van der Waals surface area (Å²) in [5, 5.41) is 3.49. The van der Waals surface area contributed by atoms with Gasteiger partial charge in [-0.05, 0) is 53.3 Å². The van der Waals surface area contributed by atoms with Crippen LogP contribution >= 0.6 is 0 Å². The highest BCUT2D eigenvalue weighted by Crippen LogP contribution is 2.09. The predicted molar refractivity (Wildman–Crippen MR) is 86.7 cm³/mol. The summed E-state index contributed by atoms with van der Waals surface area (Å²) in [4.78, 5) is 7.14. The van der Waals surface area contributed by atoms with Crippen LogP contribution in [0.1, 0.15) is 58.8 Å². The SMILES string of the molecule is CCCC(C)N(C)Cc1cccc(CNC(C)(C)C)n1. The molecule has 0 fully saturated rings. The molecule has 0 aliphatic rings. The lowest BCUT2D eigenvalue weighted by molar-refractivity contribution is 0.234. The Morgan fingerprint density at radius 1 is 1.25 bits per heavy atom. The summed E-state index contributed by atoms with van der Waals surface area (Å²) >= 11 is 0. The van der Waals surface area contributed by atoms with E-state index in [-0.39, 0.29) is 5.54 Å². The maximum Gasteiger partial charge on any atom is 0.0547 e. The Hall–Kier alpha value is -0.930. The van der Waals surface area contributed by atoms with Crippen molar-refractivity contribution in [1.29, 1.82) is 0 Å². The van der Waals surface area contributed by atoms with E-state index in [1.54, 1.807) is 0 Å². The third kappa shape index (κ3) is 6.49. The lowest BCUT2D eigenvalue weighted by atomic mass is 10.1. The molecular weight excluding hydrogens is 246 g/mol. The first-order valence-electron chi connectivity index (χ1n) is 7.72. The van der Waals surface area contributed by atoms with Crippen molar-refractivity contribution in [1.82, 2.24) is 15.2 Å². The molecule has 1 aromatic rings. The van der Waals surface area contributed by atoms with Gasteiger partial charge in [-0.3, -0.25) is 9.88 Å². The zero-order chi connectivity index (χ0) is 15.2. The lowest BCUT2D eigenvalue weighted by Gasteiger charge is -2.24. The van der Waals surface area contributed by atoms with Gasteiger partial charge in [0.25, 0.3) is 0 Å². The quantitative estimate of drug-likeness (QED) is 0.825. The number of hydrogen-bond acceptors (Lipinski definition) is 3. The number of nitrogens with zero attached hydrogens (tertiary/aromatic N) is 2. The number of rotatable bonds is 7. The summed E-state index contributed by atoms with van der Waals surface area (Å²) in [5.41, 5.74) is 2.40. The van der Waals surface area contributed by atoms with Crippen LogP contribution in [0.3, 0.4) is 0 Å². The van der Waals surface area contributed by atoms with Crippen molar-refractivity contribution in [2.75, 3.05) is 7.05 Å². The molecule has 0 aliphatic carbocycles. The van der Waals surface area contributed by atoms with Crippen LogP contribution in [0.15, 0.2) is 18.2 Å². The molecule has 20 heavy (non-hydrogen) atoms. The van der Waals surface area contributed by atoms with Crippen LogP contribution in [0, 0.1) is 0 Å². The first-order chi connectivity index (χ1) is 9.31. The summed E-state index contributed by atoms with van der Waals surface area (Å²) in [7, 11) is 2.18. The van der Waals surface area contributed by atoms with Gasteiger partial charge in [0.05, 0.1) is 11.4 Å². The third-order valence-electron chi connectivity index (χ3n) is 3.53. The van der Waals surface area contributed by atoms with Crippen LogP contribution in [-0.4, -0.2) is 28.5 Å². The molecule has 0 aromatic carbocycles. The van der Waals surface area contributed by atoms with Gasteiger partial charge in [-0.15, -0.1) is 0 Å². The molecule has 0 radical (unpaired) electrons. The first kappa shape index (κ1) is 17.1. The van der Waals surface area contributed by atoms with Gasteiger partial charge in [0.15, 0.2) is 0 Å². The summed E-state index contributed by atoms with van der Waals surface area (Å²) in [6, 6.07) is 6.94. The number of hydrogen-bond donors (Lipinski definition) is 1. The summed E-state index contributed by atoms with van der Waals surface area (Å²) < 4.78 is 0. The first-order valence-corrected chi connectivity index (χ1v) is 7.72. The molecule has 1 aromatic heterocycles. The van der Waals surface area contributed by atoms with Gasteiger partial charge >= 0.3 is 0 Å². The summed E-state index contributed by atoms with van der Waals surface area (Å²) in [5.74, 6) is 0. The van der Waals surface area contributed by atoms with E-state index in [1.165, 1.54) is 12.8 Å². The molecular formula is C17H31N3. The van der Waals surface area contributed by atoms with Crippen molar-refractivity contribution in [3.05, 3.63) is 29.6 Å². The molecule has 114 valence electrons. The Morgan fingerprint density at radius 2 is 1.90 bits per heavy atom. The van der Waals surface area contributed by atoms with Gasteiger partial charge in [0.2, 0.25) is 0 Å². The van der Waals surface area contributed by atoms with E-state index in [2.05, 4.69) is 70.1 Å². The molecule has 1 rings (SSSR count). The molecule has 3 heteroatoms. The number of pyridine rings is 1. The summed E-state index contributed by atoms with van der Waals surface area (Å²) in [6.07, 6.45) is 2.47. The molecule has 1 atom stereocenters. The van der Waals surface area contributed by atoms with Crippen molar-refractivity contribution in [2.24, 2.45) is 0 Å². The smallest absolute Gasteiger partial charge is 0.0547 e. The standard InChI is InChI=1S/C17H31N3/c1-7-9-14(2)20(6)13-16-11-8-10-15(19-16)12-18-17(3,4)5/h8,10-11,14,18H,7,9,12-13H2,1-6H3. The Bertz CT molecular complexity index is 395. The molecule has 0 spiro atoms. The topological polar surface area (TPSA) is 28.2 Å². The molecule has 0 bridgehead atoms. The number of nitrogens with one attached hydrogen (secondary N) is 1. The molecule has 0 saturated carbocycles. The van der Waals surface area contributed by atoms with Crippen LogP contribution in [0.4, 0.5) is 0 Å². The second-order valence-electron chi connectivity index (χ2n) is 6.78. The van der Waals surface area contributed by atoms with E-state index in [1.807, 2.05) is 0 Å². The predicted octanol–water partition coefficient (Wildman–Crippen LogP) is 3.59. The number of aromatic nitrogens is 1. The Kier molecular flexibility index (Phi) is 6.63. The Labute approximate surface area is 124 Å². The second kappa shape index (κ2) is 7.75. The van der Waals surface area contributed by atoms with Gasteiger partial charge in [-0.25, -0.2) is 0 Å². The van der Waals surface area contributed by atoms with Crippen molar-refractivity contribution in [3.63, 3.8) is 0 Å². The maximum absolute atomic E-state index is 4.75. The van der Waals surface area contributed by atoms with Crippen LogP contribution in [0.2, 0.25) is 0 Å². The molecule has 0 amide bonds. The second-order valence-corrected chi connectivity index (χ2v) is 6.78. The maximum atomic E-state index is 4.75. The third-order valence-corrected chi connectivity index (χ3v) is 3.53. The highest BCUT2D eigenvalue weighted by atomic mass is 15.1. The molecule has 1 heterocycles. The zero-order valence-corrected chi connectivity index (χ0v) is 14.0. The molecule has 3 nitrogen and oxygen atoms in total. The van der Waals surface area contributed by atoms with Crippen molar-refractivity contribution < 1.29 is 0 Å². The lowest BCUT2D eigenvalue weighted by Crippen LogP contribution is -2.35. The van der Waals surface area contributed by atoms with E-state index in [4.69, 9.17) is 4.98 Å². The largest absolute Gasteiger partial charge is 0.306 e.